The van der Waals surface area contributed by atoms with Crippen LogP contribution in [0.5, 0.6) is 0 Å². The Morgan fingerprint density at radius 2 is 2.06 bits per heavy atom. The summed E-state index contributed by atoms with van der Waals surface area (Å²) in [6.07, 6.45) is 4.97. The molecule has 16 heavy (non-hydrogen) atoms. The molecule has 2 aliphatic heterocycles. The Hall–Kier alpha value is -0.160. The molecule has 1 saturated carbocycles. The Bertz CT molecular complexity index is 247. The minimum atomic E-state index is -0.0684. The molecule has 2 heterocycles. The molecule has 4 nitrogen and oxygen atoms in total. The highest BCUT2D eigenvalue weighted by atomic mass is 16.6. The second-order valence-corrected chi connectivity index (χ2v) is 5.51. The summed E-state index contributed by atoms with van der Waals surface area (Å²) in [6.45, 7) is 2.45. The fourth-order valence-corrected chi connectivity index (χ4v) is 3.09. The summed E-state index contributed by atoms with van der Waals surface area (Å²) in [4.78, 5) is 0. The molecule has 3 aliphatic rings. The van der Waals surface area contributed by atoms with E-state index in [9.17, 15) is 5.11 Å². The SMILES string of the molecule is OC1CC(NC2CCOC3(CCOC3)C2)C1. The maximum atomic E-state index is 9.27. The van der Waals surface area contributed by atoms with Gasteiger partial charge in [0, 0.05) is 31.7 Å². The Kier molecular flexibility index (Phi) is 2.92. The van der Waals surface area contributed by atoms with Gasteiger partial charge in [-0.05, 0) is 25.7 Å². The summed E-state index contributed by atoms with van der Waals surface area (Å²) in [5, 5.41) is 12.9. The van der Waals surface area contributed by atoms with Crippen LogP contribution >= 0.6 is 0 Å². The number of aliphatic hydroxyl groups excluding tert-OH is 1. The van der Waals surface area contributed by atoms with Crippen molar-refractivity contribution in [1.82, 2.24) is 5.32 Å². The molecule has 0 bridgehead atoms. The van der Waals surface area contributed by atoms with E-state index in [0.717, 1.165) is 51.9 Å². The second-order valence-electron chi connectivity index (χ2n) is 5.51. The minimum Gasteiger partial charge on any atom is -0.393 e. The summed E-state index contributed by atoms with van der Waals surface area (Å²) in [7, 11) is 0. The number of rotatable bonds is 2. The molecule has 0 amide bonds. The van der Waals surface area contributed by atoms with E-state index < -0.39 is 0 Å². The van der Waals surface area contributed by atoms with Crippen LogP contribution in [-0.4, -0.2) is 48.7 Å². The molecule has 3 rings (SSSR count). The van der Waals surface area contributed by atoms with Gasteiger partial charge in [0.15, 0.2) is 0 Å². The first-order valence-corrected chi connectivity index (χ1v) is 6.42. The van der Waals surface area contributed by atoms with Crippen LogP contribution in [0.2, 0.25) is 0 Å². The van der Waals surface area contributed by atoms with Gasteiger partial charge in [-0.3, -0.25) is 0 Å². The summed E-state index contributed by atoms with van der Waals surface area (Å²) in [5.41, 5.74) is -0.00171. The van der Waals surface area contributed by atoms with Crippen LogP contribution in [0, 0.1) is 0 Å². The highest BCUT2D eigenvalue weighted by Crippen LogP contribution is 2.33. The van der Waals surface area contributed by atoms with Gasteiger partial charge in [-0.2, -0.15) is 0 Å². The molecule has 92 valence electrons. The van der Waals surface area contributed by atoms with Crippen molar-refractivity contribution in [2.75, 3.05) is 19.8 Å². The van der Waals surface area contributed by atoms with Gasteiger partial charge in [0.05, 0.1) is 18.3 Å². The van der Waals surface area contributed by atoms with Crippen LogP contribution in [-0.2, 0) is 9.47 Å². The molecular formula is C12H21NO3. The predicted molar refractivity (Wildman–Crippen MR) is 59.3 cm³/mol. The van der Waals surface area contributed by atoms with Gasteiger partial charge in [0.25, 0.3) is 0 Å². The van der Waals surface area contributed by atoms with Crippen LogP contribution in [0.1, 0.15) is 32.1 Å². The second kappa shape index (κ2) is 4.26. The van der Waals surface area contributed by atoms with Gasteiger partial charge in [-0.15, -0.1) is 0 Å². The quantitative estimate of drug-likeness (QED) is 0.718. The van der Waals surface area contributed by atoms with Gasteiger partial charge in [-0.1, -0.05) is 0 Å². The zero-order chi connectivity index (χ0) is 11.0. The predicted octanol–water partition coefficient (Wildman–Crippen LogP) is 0.437. The monoisotopic (exact) mass is 227 g/mol. The largest absolute Gasteiger partial charge is 0.393 e. The number of nitrogens with one attached hydrogen (secondary N) is 1. The molecule has 3 fully saturated rings. The zero-order valence-corrected chi connectivity index (χ0v) is 9.65. The number of hydrogen-bond acceptors (Lipinski definition) is 4. The van der Waals surface area contributed by atoms with Gasteiger partial charge >= 0.3 is 0 Å². The molecule has 0 aromatic rings. The molecule has 0 aromatic heterocycles. The lowest BCUT2D eigenvalue weighted by molar-refractivity contribution is -0.0928. The Balaban J connectivity index is 1.52. The lowest BCUT2D eigenvalue weighted by Crippen LogP contribution is -2.54. The zero-order valence-electron chi connectivity index (χ0n) is 9.65. The fourth-order valence-electron chi connectivity index (χ4n) is 3.09. The van der Waals surface area contributed by atoms with E-state index in [1.807, 2.05) is 0 Å². The molecule has 0 radical (unpaired) electrons. The van der Waals surface area contributed by atoms with Crippen LogP contribution in [0.4, 0.5) is 0 Å². The van der Waals surface area contributed by atoms with Crippen molar-refractivity contribution in [3.8, 4) is 0 Å². The van der Waals surface area contributed by atoms with Crippen molar-refractivity contribution >= 4 is 0 Å². The van der Waals surface area contributed by atoms with Crippen LogP contribution < -0.4 is 5.32 Å². The van der Waals surface area contributed by atoms with E-state index >= 15 is 0 Å². The van der Waals surface area contributed by atoms with Crippen LogP contribution in [0.15, 0.2) is 0 Å². The molecule has 2 N–H and O–H groups in total. The van der Waals surface area contributed by atoms with Gasteiger partial charge in [-0.25, -0.2) is 0 Å². The Labute approximate surface area is 96.3 Å². The van der Waals surface area contributed by atoms with Gasteiger partial charge in [0.2, 0.25) is 0 Å². The number of ether oxygens (including phenoxy) is 2. The maximum absolute atomic E-state index is 9.27. The van der Waals surface area contributed by atoms with Crippen molar-refractivity contribution in [2.45, 2.75) is 55.9 Å². The third kappa shape index (κ3) is 2.12. The molecule has 0 aromatic carbocycles. The maximum Gasteiger partial charge on any atom is 0.0951 e. The van der Waals surface area contributed by atoms with E-state index in [4.69, 9.17) is 9.47 Å². The number of aliphatic hydroxyl groups is 1. The highest BCUT2D eigenvalue weighted by Gasteiger charge is 2.42. The molecule has 2 unspecified atom stereocenters. The smallest absolute Gasteiger partial charge is 0.0951 e. The van der Waals surface area contributed by atoms with Crippen molar-refractivity contribution in [1.29, 1.82) is 0 Å². The lowest BCUT2D eigenvalue weighted by Gasteiger charge is -2.41. The molecule has 1 aliphatic carbocycles. The Morgan fingerprint density at radius 3 is 2.75 bits per heavy atom. The number of hydrogen-bond donors (Lipinski definition) is 2. The van der Waals surface area contributed by atoms with Gasteiger partial charge < -0.3 is 19.9 Å². The minimum absolute atomic E-state index is 0.00171. The van der Waals surface area contributed by atoms with E-state index in [1.165, 1.54) is 0 Å². The van der Waals surface area contributed by atoms with E-state index in [1.54, 1.807) is 0 Å². The summed E-state index contributed by atoms with van der Waals surface area (Å²) in [6, 6.07) is 1.07. The Morgan fingerprint density at radius 1 is 1.19 bits per heavy atom. The normalized spacial score (nSPS) is 48.2. The first-order valence-electron chi connectivity index (χ1n) is 6.42. The topological polar surface area (TPSA) is 50.7 Å². The summed E-state index contributed by atoms with van der Waals surface area (Å²) < 4.78 is 11.4. The standard InChI is InChI=1S/C12H21NO3/c14-11-5-10(6-11)13-9-1-3-16-12(7-9)2-4-15-8-12/h9-11,13-14H,1-8H2. The van der Waals surface area contributed by atoms with Gasteiger partial charge in [0.1, 0.15) is 0 Å². The molecule has 4 heteroatoms. The first-order chi connectivity index (χ1) is 7.76. The molecule has 1 spiro atoms. The third-order valence-electron chi connectivity index (χ3n) is 4.14. The van der Waals surface area contributed by atoms with Crippen LogP contribution in [0.3, 0.4) is 0 Å². The fraction of sp³-hybridized carbons (Fsp3) is 1.00. The van der Waals surface area contributed by atoms with Crippen molar-refractivity contribution in [3.63, 3.8) is 0 Å². The van der Waals surface area contributed by atoms with Crippen molar-refractivity contribution in [3.05, 3.63) is 0 Å². The van der Waals surface area contributed by atoms with E-state index in [0.29, 0.717) is 12.1 Å². The van der Waals surface area contributed by atoms with E-state index in [2.05, 4.69) is 5.32 Å². The lowest BCUT2D eigenvalue weighted by atomic mass is 9.85. The summed E-state index contributed by atoms with van der Waals surface area (Å²) >= 11 is 0. The summed E-state index contributed by atoms with van der Waals surface area (Å²) in [5.74, 6) is 0. The average Bonchev–Trinajstić information content (AvgIpc) is 2.64. The average molecular weight is 227 g/mol. The molecule has 2 saturated heterocycles. The first kappa shape index (κ1) is 11.0. The highest BCUT2D eigenvalue weighted by molar-refractivity contribution is 4.95. The third-order valence-corrected chi connectivity index (χ3v) is 4.14. The van der Waals surface area contributed by atoms with Crippen molar-refractivity contribution < 1.29 is 14.6 Å². The molecule has 2 atom stereocenters. The van der Waals surface area contributed by atoms with E-state index in [-0.39, 0.29) is 11.7 Å². The van der Waals surface area contributed by atoms with Crippen LogP contribution in [0.25, 0.3) is 0 Å². The molecular weight excluding hydrogens is 206 g/mol. The van der Waals surface area contributed by atoms with Crippen molar-refractivity contribution in [2.24, 2.45) is 0 Å².